The highest BCUT2D eigenvalue weighted by molar-refractivity contribution is 6.28. The zero-order valence-electron chi connectivity index (χ0n) is 22.0. The Hall–Kier alpha value is -3.42. The number of fused-ring (bicyclic) bond motifs is 1. The molecule has 1 aromatic heterocycles. The average molecular weight is 541 g/mol. The zero-order valence-corrected chi connectivity index (χ0v) is 22.8. The fourth-order valence-corrected chi connectivity index (χ4v) is 4.85. The van der Waals surface area contributed by atoms with Crippen molar-refractivity contribution in [1.29, 1.82) is 5.26 Å². The molecule has 0 spiro atoms. The predicted octanol–water partition coefficient (Wildman–Crippen LogP) is 3.57. The molecule has 0 unspecified atom stereocenters. The topological polar surface area (TPSA) is 112 Å². The number of aromatic nitrogens is 2. The van der Waals surface area contributed by atoms with Crippen LogP contribution in [0.4, 0.5) is 10.6 Å². The summed E-state index contributed by atoms with van der Waals surface area (Å²) in [5.74, 6) is 0.396. The second-order valence-electron chi connectivity index (χ2n) is 10.5. The third kappa shape index (κ3) is 7.11. The molecule has 10 nitrogen and oxygen atoms in total. The number of amides is 1. The molecule has 2 aliphatic heterocycles. The average Bonchev–Trinajstić information content (AvgIpc) is 2.87. The van der Waals surface area contributed by atoms with Crippen molar-refractivity contribution in [3.8, 4) is 6.07 Å². The molecule has 3 heterocycles. The Morgan fingerprint density at radius 3 is 2.63 bits per heavy atom. The van der Waals surface area contributed by atoms with Crippen LogP contribution in [0.2, 0.25) is 5.28 Å². The maximum Gasteiger partial charge on any atom is 0.410 e. The summed E-state index contributed by atoms with van der Waals surface area (Å²) >= 11 is 6.31. The van der Waals surface area contributed by atoms with Crippen molar-refractivity contribution >= 4 is 29.5 Å². The van der Waals surface area contributed by atoms with Gasteiger partial charge in [-0.3, -0.25) is 9.69 Å². The number of benzene rings is 1. The molecule has 11 heteroatoms. The van der Waals surface area contributed by atoms with E-state index in [-0.39, 0.29) is 49.5 Å². The van der Waals surface area contributed by atoms with E-state index in [9.17, 15) is 14.9 Å². The number of esters is 1. The van der Waals surface area contributed by atoms with Crippen LogP contribution in [0.25, 0.3) is 0 Å². The van der Waals surface area contributed by atoms with E-state index in [0.717, 1.165) is 16.9 Å². The van der Waals surface area contributed by atoms with E-state index < -0.39 is 5.60 Å². The quantitative estimate of drug-likeness (QED) is 0.401. The number of ether oxygens (including phenoxy) is 2. The van der Waals surface area contributed by atoms with E-state index in [1.54, 1.807) is 4.90 Å². The minimum atomic E-state index is -0.588. The predicted molar refractivity (Wildman–Crippen MR) is 141 cm³/mol. The number of anilines is 1. The Kier molecular flexibility index (Phi) is 8.69. The van der Waals surface area contributed by atoms with E-state index in [4.69, 9.17) is 21.1 Å². The van der Waals surface area contributed by atoms with Crippen LogP contribution in [0.5, 0.6) is 0 Å². The van der Waals surface area contributed by atoms with Gasteiger partial charge in [0.15, 0.2) is 0 Å². The maximum absolute atomic E-state index is 12.6. The van der Waals surface area contributed by atoms with E-state index in [0.29, 0.717) is 38.3 Å². The van der Waals surface area contributed by atoms with Crippen LogP contribution in [0.15, 0.2) is 30.3 Å². The smallest absolute Gasteiger partial charge is 0.410 e. The molecule has 1 atom stereocenters. The van der Waals surface area contributed by atoms with Crippen molar-refractivity contribution in [2.45, 2.75) is 58.4 Å². The van der Waals surface area contributed by atoms with Crippen molar-refractivity contribution < 1.29 is 19.1 Å². The first-order valence-electron chi connectivity index (χ1n) is 12.7. The van der Waals surface area contributed by atoms with Gasteiger partial charge in [0.25, 0.3) is 0 Å². The van der Waals surface area contributed by atoms with Gasteiger partial charge in [0.2, 0.25) is 5.28 Å². The normalized spacial score (nSPS) is 17.9. The maximum atomic E-state index is 12.6. The molecule has 1 saturated heterocycles. The first-order valence-corrected chi connectivity index (χ1v) is 13.1. The Balaban J connectivity index is 1.43. The highest BCUT2D eigenvalue weighted by Crippen LogP contribution is 2.30. The molecule has 1 amide bonds. The van der Waals surface area contributed by atoms with Gasteiger partial charge in [0, 0.05) is 37.8 Å². The highest BCUT2D eigenvalue weighted by Gasteiger charge is 2.34. The second kappa shape index (κ2) is 12.0. The summed E-state index contributed by atoms with van der Waals surface area (Å²) in [6.07, 6.45) is 0.438. The second-order valence-corrected chi connectivity index (χ2v) is 10.8. The molecule has 0 radical (unpaired) electrons. The molecule has 0 aliphatic carbocycles. The molecule has 0 bridgehead atoms. The lowest BCUT2D eigenvalue weighted by Crippen LogP contribution is -2.55. The van der Waals surface area contributed by atoms with Crippen molar-refractivity contribution in [3.63, 3.8) is 0 Å². The number of carbonyl (C=O) groups excluding carboxylic acids is 2. The molecule has 4 rings (SSSR count). The summed E-state index contributed by atoms with van der Waals surface area (Å²) in [6.45, 7) is 8.27. The van der Waals surface area contributed by atoms with E-state index in [1.807, 2.05) is 56.0 Å². The molecule has 0 N–H and O–H groups in total. The monoisotopic (exact) mass is 540 g/mol. The number of rotatable bonds is 6. The number of carbonyl (C=O) groups is 2. The largest absolute Gasteiger partial charge is 0.460 e. The Labute approximate surface area is 228 Å². The number of nitriles is 1. The van der Waals surface area contributed by atoms with Crippen LogP contribution in [-0.4, -0.2) is 76.2 Å². The summed E-state index contributed by atoms with van der Waals surface area (Å²) in [6, 6.07) is 11.6. The van der Waals surface area contributed by atoms with Crippen molar-refractivity contribution in [1.82, 2.24) is 19.8 Å². The standard InChI is InChI=1S/C27H33ClN6O4/c1-27(2,3)38-26(36)34-12-10-21-22(16-34)30-25(28)31-24(21)33-14-13-32(20(15-33)9-11-29)17-23(35)37-18-19-7-5-4-6-8-19/h4-8,20H,9-10,12-18H2,1-3H3/t20-/m0/s1. The first kappa shape index (κ1) is 27.6. The van der Waals surface area contributed by atoms with Gasteiger partial charge in [0.1, 0.15) is 18.0 Å². The zero-order chi connectivity index (χ0) is 27.3. The van der Waals surface area contributed by atoms with E-state index in [1.165, 1.54) is 0 Å². The number of nitrogens with zero attached hydrogens (tertiary/aromatic N) is 6. The van der Waals surface area contributed by atoms with Crippen LogP contribution in [0.1, 0.15) is 44.0 Å². The van der Waals surface area contributed by atoms with Crippen LogP contribution in [0, 0.1) is 11.3 Å². The summed E-state index contributed by atoms with van der Waals surface area (Å²) in [5.41, 5.74) is 1.98. The molecule has 1 aromatic carbocycles. The molecule has 202 valence electrons. The Bertz CT molecular complexity index is 1200. The van der Waals surface area contributed by atoms with Crippen molar-refractivity contribution in [2.24, 2.45) is 0 Å². The molecule has 2 aromatic rings. The van der Waals surface area contributed by atoms with Gasteiger partial charge in [0.05, 0.1) is 31.3 Å². The number of halogens is 1. The minimum Gasteiger partial charge on any atom is -0.460 e. The molecule has 38 heavy (non-hydrogen) atoms. The lowest BCUT2D eigenvalue weighted by Gasteiger charge is -2.42. The minimum absolute atomic E-state index is 0.105. The van der Waals surface area contributed by atoms with E-state index >= 15 is 0 Å². The third-order valence-corrected chi connectivity index (χ3v) is 6.64. The van der Waals surface area contributed by atoms with Gasteiger partial charge in [-0.15, -0.1) is 0 Å². The summed E-state index contributed by atoms with van der Waals surface area (Å²) < 4.78 is 11.0. The molecular weight excluding hydrogens is 508 g/mol. The van der Waals surface area contributed by atoms with Gasteiger partial charge in [-0.05, 0) is 44.4 Å². The number of hydrogen-bond donors (Lipinski definition) is 0. The molecular formula is C27H33ClN6O4. The fraction of sp³-hybridized carbons (Fsp3) is 0.519. The highest BCUT2D eigenvalue weighted by atomic mass is 35.5. The van der Waals surface area contributed by atoms with E-state index in [2.05, 4.69) is 20.9 Å². The van der Waals surface area contributed by atoms with Crippen LogP contribution < -0.4 is 4.90 Å². The fourth-order valence-electron chi connectivity index (χ4n) is 4.67. The summed E-state index contributed by atoms with van der Waals surface area (Å²) in [7, 11) is 0. The first-order chi connectivity index (χ1) is 18.1. The summed E-state index contributed by atoms with van der Waals surface area (Å²) in [5, 5.41) is 9.57. The lowest BCUT2D eigenvalue weighted by atomic mass is 10.0. The molecule has 1 fully saturated rings. The molecule has 2 aliphatic rings. The third-order valence-electron chi connectivity index (χ3n) is 6.47. The van der Waals surface area contributed by atoms with Gasteiger partial charge in [-0.2, -0.15) is 5.26 Å². The van der Waals surface area contributed by atoms with Crippen molar-refractivity contribution in [3.05, 3.63) is 52.4 Å². The van der Waals surface area contributed by atoms with Gasteiger partial charge >= 0.3 is 12.1 Å². The lowest BCUT2D eigenvalue weighted by molar-refractivity contribution is -0.147. The SMILES string of the molecule is CC(C)(C)OC(=O)N1CCc2c(nc(Cl)nc2N2CCN(CC(=O)OCc3ccccc3)[C@@H](CC#N)C2)C1. The van der Waals surface area contributed by atoms with Crippen LogP contribution >= 0.6 is 11.6 Å². The number of hydrogen-bond acceptors (Lipinski definition) is 9. The number of piperazine rings is 1. The van der Waals surface area contributed by atoms with Crippen molar-refractivity contribution in [2.75, 3.05) is 37.6 Å². The summed E-state index contributed by atoms with van der Waals surface area (Å²) in [4.78, 5) is 39.8. The Morgan fingerprint density at radius 1 is 1.16 bits per heavy atom. The Morgan fingerprint density at radius 2 is 1.92 bits per heavy atom. The molecule has 0 saturated carbocycles. The van der Waals surface area contributed by atoms with Gasteiger partial charge < -0.3 is 19.3 Å². The van der Waals surface area contributed by atoms with Crippen LogP contribution in [0.3, 0.4) is 0 Å². The van der Waals surface area contributed by atoms with Crippen LogP contribution in [-0.2, 0) is 33.8 Å². The van der Waals surface area contributed by atoms with Gasteiger partial charge in [-0.1, -0.05) is 30.3 Å². The van der Waals surface area contributed by atoms with Gasteiger partial charge in [-0.25, -0.2) is 14.8 Å².